The second-order valence-corrected chi connectivity index (χ2v) is 6.96. The van der Waals surface area contributed by atoms with E-state index in [2.05, 4.69) is 6.07 Å². The molecule has 0 aliphatic carbocycles. The number of hydrogen-bond donors (Lipinski definition) is 1. The number of ether oxygens (including phenoxy) is 2. The lowest BCUT2D eigenvalue weighted by molar-refractivity contribution is 0.105. The minimum absolute atomic E-state index is 0.544. The van der Waals surface area contributed by atoms with Gasteiger partial charge in [0.2, 0.25) is 0 Å². The molecule has 5 heteroatoms. The molecule has 25 heavy (non-hydrogen) atoms. The fourth-order valence-electron chi connectivity index (χ4n) is 3.40. The van der Waals surface area contributed by atoms with Crippen molar-refractivity contribution in [3.05, 3.63) is 41.0 Å². The lowest BCUT2D eigenvalue weighted by Crippen LogP contribution is -2.30. The number of carboxylic acid groups (broad SMARTS) is 1. The molecule has 0 fully saturated rings. The molecule has 0 aromatic heterocycles. The predicted octanol–water partition coefficient (Wildman–Crippen LogP) is 4.72. The number of hydrogen-bond acceptors (Lipinski definition) is 3. The summed E-state index contributed by atoms with van der Waals surface area (Å²) in [5.41, 5.74) is 5.13. The molecular weight excluding hydrogens is 318 g/mol. The molecule has 0 saturated heterocycles. The molecule has 0 atom stereocenters. The average Bonchev–Trinajstić information content (AvgIpc) is 2.53. The molecule has 1 N–H and O–H groups in total. The molecule has 1 heterocycles. The molecule has 0 saturated carbocycles. The zero-order chi connectivity index (χ0) is 18.5. The molecule has 0 radical (unpaired) electrons. The number of carbonyl (C=O) groups is 1. The van der Waals surface area contributed by atoms with E-state index in [9.17, 15) is 9.90 Å². The van der Waals surface area contributed by atoms with E-state index in [1.54, 1.807) is 7.11 Å². The van der Waals surface area contributed by atoms with E-state index >= 15 is 0 Å². The summed E-state index contributed by atoms with van der Waals surface area (Å²) in [6.07, 6.45) is -1.00. The van der Waals surface area contributed by atoms with Crippen LogP contribution in [0, 0.1) is 13.8 Å². The second-order valence-electron chi connectivity index (χ2n) is 6.96. The lowest BCUT2D eigenvalue weighted by atomic mass is 9.84. The standard InChI is InChI=1S/C20H23NO4/c1-11-7-14-13-8-12(2)17(24-6)9-15(13)20(3,4)25-18(14)10-16(11)21(5)19(22)23/h7-10H,1-6H3,(H,22,23). The third kappa shape index (κ3) is 2.69. The Hall–Kier alpha value is -2.69. The summed E-state index contributed by atoms with van der Waals surface area (Å²) in [6.45, 7) is 7.93. The van der Waals surface area contributed by atoms with E-state index in [0.717, 1.165) is 33.6 Å². The largest absolute Gasteiger partial charge is 0.496 e. The van der Waals surface area contributed by atoms with Crippen LogP contribution in [0.4, 0.5) is 10.5 Å². The molecule has 0 bridgehead atoms. The van der Waals surface area contributed by atoms with Gasteiger partial charge in [-0.3, -0.25) is 4.90 Å². The SMILES string of the molecule is COc1cc2c(cc1C)-c1cc(C)c(N(C)C(=O)O)cc1OC2(C)C. The maximum Gasteiger partial charge on any atom is 0.411 e. The first-order valence-electron chi connectivity index (χ1n) is 8.15. The maximum atomic E-state index is 11.3. The number of rotatable bonds is 2. The van der Waals surface area contributed by atoms with E-state index in [4.69, 9.17) is 9.47 Å². The van der Waals surface area contributed by atoms with Crippen molar-refractivity contribution in [3.8, 4) is 22.6 Å². The molecule has 5 nitrogen and oxygen atoms in total. The molecule has 2 aromatic carbocycles. The lowest BCUT2D eigenvalue weighted by Gasteiger charge is -2.36. The van der Waals surface area contributed by atoms with Crippen LogP contribution in [0.1, 0.15) is 30.5 Å². The summed E-state index contributed by atoms with van der Waals surface area (Å²) in [4.78, 5) is 12.5. The highest BCUT2D eigenvalue weighted by molar-refractivity contribution is 5.89. The summed E-state index contributed by atoms with van der Waals surface area (Å²) < 4.78 is 11.7. The molecule has 0 unspecified atom stereocenters. The van der Waals surface area contributed by atoms with Crippen molar-refractivity contribution < 1.29 is 19.4 Å². The fourth-order valence-corrected chi connectivity index (χ4v) is 3.40. The summed E-state index contributed by atoms with van der Waals surface area (Å²) in [7, 11) is 3.20. The third-order valence-electron chi connectivity index (χ3n) is 4.79. The van der Waals surface area contributed by atoms with Crippen molar-refractivity contribution in [2.45, 2.75) is 33.3 Å². The Balaban J connectivity index is 2.26. The molecule has 1 amide bonds. The van der Waals surface area contributed by atoms with Gasteiger partial charge >= 0.3 is 6.09 Å². The fraction of sp³-hybridized carbons (Fsp3) is 0.350. The van der Waals surface area contributed by atoms with Gasteiger partial charge in [0, 0.05) is 24.2 Å². The highest BCUT2D eigenvalue weighted by atomic mass is 16.5. The van der Waals surface area contributed by atoms with Crippen LogP contribution in [-0.2, 0) is 5.60 Å². The monoisotopic (exact) mass is 341 g/mol. The van der Waals surface area contributed by atoms with Crippen LogP contribution in [0.2, 0.25) is 0 Å². The summed E-state index contributed by atoms with van der Waals surface area (Å²) >= 11 is 0. The Morgan fingerprint density at radius 1 is 1.12 bits per heavy atom. The summed E-state index contributed by atoms with van der Waals surface area (Å²) in [6, 6.07) is 7.94. The van der Waals surface area contributed by atoms with Gasteiger partial charge in [-0.05, 0) is 62.6 Å². The average molecular weight is 341 g/mol. The number of nitrogens with zero attached hydrogens (tertiary/aromatic N) is 1. The van der Waals surface area contributed by atoms with Crippen molar-refractivity contribution in [2.24, 2.45) is 0 Å². The first-order valence-corrected chi connectivity index (χ1v) is 8.15. The minimum atomic E-state index is -1.00. The van der Waals surface area contributed by atoms with Crippen LogP contribution in [0.3, 0.4) is 0 Å². The van der Waals surface area contributed by atoms with Crippen molar-refractivity contribution in [1.29, 1.82) is 0 Å². The van der Waals surface area contributed by atoms with Gasteiger partial charge in [-0.25, -0.2) is 4.79 Å². The van der Waals surface area contributed by atoms with Gasteiger partial charge in [-0.2, -0.15) is 0 Å². The highest BCUT2D eigenvalue weighted by Crippen LogP contribution is 2.48. The van der Waals surface area contributed by atoms with Crippen molar-refractivity contribution in [1.82, 2.24) is 0 Å². The number of methoxy groups -OCH3 is 1. The molecule has 0 spiro atoms. The van der Waals surface area contributed by atoms with Crippen LogP contribution >= 0.6 is 0 Å². The van der Waals surface area contributed by atoms with Crippen molar-refractivity contribution in [2.75, 3.05) is 19.1 Å². The molecule has 1 aliphatic rings. The van der Waals surface area contributed by atoms with Gasteiger partial charge < -0.3 is 14.6 Å². The number of anilines is 1. The Kier molecular flexibility index (Phi) is 3.90. The quantitative estimate of drug-likeness (QED) is 0.858. The van der Waals surface area contributed by atoms with E-state index in [1.165, 1.54) is 11.9 Å². The van der Waals surface area contributed by atoms with Crippen LogP contribution in [-0.4, -0.2) is 25.4 Å². The maximum absolute atomic E-state index is 11.3. The van der Waals surface area contributed by atoms with Crippen LogP contribution < -0.4 is 14.4 Å². The zero-order valence-electron chi connectivity index (χ0n) is 15.4. The molecule has 132 valence electrons. The topological polar surface area (TPSA) is 59.0 Å². The number of benzene rings is 2. The van der Waals surface area contributed by atoms with E-state index in [0.29, 0.717) is 11.4 Å². The summed E-state index contributed by atoms with van der Waals surface area (Å²) in [5.74, 6) is 1.52. The second kappa shape index (κ2) is 5.69. The van der Waals surface area contributed by atoms with Crippen molar-refractivity contribution >= 4 is 11.8 Å². The molecular formula is C20H23NO4. The number of amides is 1. The van der Waals surface area contributed by atoms with E-state index < -0.39 is 11.7 Å². The predicted molar refractivity (Wildman–Crippen MR) is 98.0 cm³/mol. The third-order valence-corrected chi connectivity index (χ3v) is 4.79. The zero-order valence-corrected chi connectivity index (χ0v) is 15.4. The normalized spacial score (nSPS) is 14.2. The van der Waals surface area contributed by atoms with Gasteiger partial charge in [0.25, 0.3) is 0 Å². The Bertz CT molecular complexity index is 870. The first-order chi connectivity index (χ1) is 11.7. The van der Waals surface area contributed by atoms with Crippen molar-refractivity contribution in [3.63, 3.8) is 0 Å². The minimum Gasteiger partial charge on any atom is -0.496 e. The van der Waals surface area contributed by atoms with E-state index in [1.807, 2.05) is 45.9 Å². The van der Waals surface area contributed by atoms with Crippen LogP contribution in [0.5, 0.6) is 11.5 Å². The molecule has 3 rings (SSSR count). The van der Waals surface area contributed by atoms with Crippen LogP contribution in [0.25, 0.3) is 11.1 Å². The Morgan fingerprint density at radius 3 is 2.36 bits per heavy atom. The Morgan fingerprint density at radius 2 is 1.76 bits per heavy atom. The van der Waals surface area contributed by atoms with Gasteiger partial charge in [-0.1, -0.05) is 0 Å². The van der Waals surface area contributed by atoms with Gasteiger partial charge in [0.1, 0.15) is 17.1 Å². The van der Waals surface area contributed by atoms with E-state index in [-0.39, 0.29) is 0 Å². The first kappa shape index (κ1) is 17.1. The summed E-state index contributed by atoms with van der Waals surface area (Å²) in [5, 5.41) is 9.29. The molecule has 2 aromatic rings. The smallest absolute Gasteiger partial charge is 0.411 e. The number of fused-ring (bicyclic) bond motifs is 3. The molecule has 1 aliphatic heterocycles. The van der Waals surface area contributed by atoms with Gasteiger partial charge in [-0.15, -0.1) is 0 Å². The van der Waals surface area contributed by atoms with Crippen LogP contribution in [0.15, 0.2) is 24.3 Å². The van der Waals surface area contributed by atoms with Gasteiger partial charge in [0.05, 0.1) is 12.8 Å². The Labute approximate surface area is 147 Å². The number of aryl methyl sites for hydroxylation is 2. The van der Waals surface area contributed by atoms with Gasteiger partial charge in [0.15, 0.2) is 0 Å². The highest BCUT2D eigenvalue weighted by Gasteiger charge is 2.34.